The summed E-state index contributed by atoms with van der Waals surface area (Å²) in [5, 5.41) is 0. The van der Waals surface area contributed by atoms with Gasteiger partial charge in [0.2, 0.25) is 0 Å². The van der Waals surface area contributed by atoms with Gasteiger partial charge in [0.05, 0.1) is 46.5 Å². The molecule has 0 unspecified atom stereocenters. The molecule has 2 aromatic carbocycles. The quantitative estimate of drug-likeness (QED) is 0.489. The Kier molecular flexibility index (Phi) is 2.82. The summed E-state index contributed by atoms with van der Waals surface area (Å²) >= 11 is 2.38. The summed E-state index contributed by atoms with van der Waals surface area (Å²) in [6, 6.07) is 17.0. The fraction of sp³-hybridized carbons (Fsp3) is 0.0667. The number of anilines is 1. The van der Waals surface area contributed by atoms with E-state index >= 15 is 0 Å². The van der Waals surface area contributed by atoms with E-state index in [1.165, 1.54) is 22.4 Å². The van der Waals surface area contributed by atoms with E-state index in [1.807, 2.05) is 0 Å². The first-order valence-electron chi connectivity index (χ1n) is 6.47. The predicted molar refractivity (Wildman–Crippen MR) is 89.3 cm³/mol. The lowest BCUT2D eigenvalue weighted by molar-refractivity contribution is 0.627. The van der Waals surface area contributed by atoms with E-state index in [0.29, 0.717) is 0 Å². The highest BCUT2D eigenvalue weighted by atomic mass is 127. The number of para-hydroxylation sites is 1. The summed E-state index contributed by atoms with van der Waals surface area (Å²) in [5.74, 6) is 0. The predicted octanol–water partition coefficient (Wildman–Crippen LogP) is 2.79. The lowest BCUT2D eigenvalue weighted by atomic mass is 9.98. The van der Waals surface area contributed by atoms with Gasteiger partial charge in [-0.05, 0) is 11.6 Å². The minimum absolute atomic E-state index is 0.881. The Hall–Kier alpha value is -1.73. The van der Waals surface area contributed by atoms with Crippen molar-refractivity contribution in [3.8, 4) is 0 Å². The molecule has 0 atom stereocenters. The number of hydrazine groups is 2. The van der Waals surface area contributed by atoms with Crippen LogP contribution in [0.15, 0.2) is 48.5 Å². The second-order valence-corrected chi connectivity index (χ2v) is 5.98. The van der Waals surface area contributed by atoms with Gasteiger partial charge in [-0.2, -0.15) is 0 Å². The van der Waals surface area contributed by atoms with Crippen LogP contribution in [0.2, 0.25) is 0 Å². The highest BCUT2D eigenvalue weighted by Gasteiger charge is 2.25. The monoisotopic (exact) mass is 376 g/mol. The van der Waals surface area contributed by atoms with Gasteiger partial charge in [-0.15, -0.1) is 5.53 Å². The molecule has 3 N–H and O–H groups in total. The molecule has 5 heteroatoms. The maximum absolute atomic E-state index is 3.24. The van der Waals surface area contributed by atoms with Crippen LogP contribution in [0.5, 0.6) is 0 Å². The molecule has 0 spiro atoms. The van der Waals surface area contributed by atoms with Crippen molar-refractivity contribution in [2.75, 3.05) is 3.11 Å². The summed E-state index contributed by atoms with van der Waals surface area (Å²) in [7, 11) is 0. The molecule has 0 aliphatic carbocycles. The van der Waals surface area contributed by atoms with Crippen LogP contribution in [0.3, 0.4) is 0 Å². The zero-order chi connectivity index (χ0) is 13.5. The molecule has 2 aliphatic rings. The highest BCUT2D eigenvalue weighted by molar-refractivity contribution is 14.1. The summed E-state index contributed by atoms with van der Waals surface area (Å²) in [6.45, 7) is 0.881. The van der Waals surface area contributed by atoms with Crippen LogP contribution < -0.4 is 19.5 Å². The summed E-state index contributed by atoms with van der Waals surface area (Å²) in [6.07, 6.45) is 0. The molecule has 2 aliphatic heterocycles. The first kappa shape index (κ1) is 12.0. The van der Waals surface area contributed by atoms with Crippen LogP contribution >= 0.6 is 22.9 Å². The Morgan fingerprint density at radius 1 is 0.850 bits per heavy atom. The van der Waals surface area contributed by atoms with E-state index in [-0.39, 0.29) is 0 Å². The maximum atomic E-state index is 3.24. The average Bonchev–Trinajstić information content (AvgIpc) is 2.95. The smallest absolute Gasteiger partial charge is 0.0850 e. The second kappa shape index (κ2) is 4.68. The van der Waals surface area contributed by atoms with Gasteiger partial charge >= 0.3 is 0 Å². The lowest BCUT2D eigenvalue weighted by Crippen LogP contribution is -2.32. The van der Waals surface area contributed by atoms with E-state index in [2.05, 4.69) is 90.9 Å². The minimum Gasteiger partial charge on any atom is -0.310 e. The minimum atomic E-state index is 0.881. The Balaban J connectivity index is 2.03. The molecule has 0 saturated heterocycles. The number of nitrogens with one attached hydrogen (secondary N) is 3. The normalized spacial score (nSPS) is 16.4. The third kappa shape index (κ3) is 1.77. The molecule has 0 bridgehead atoms. The summed E-state index contributed by atoms with van der Waals surface area (Å²) in [5.41, 5.74) is 16.6. The van der Waals surface area contributed by atoms with Crippen LogP contribution in [-0.2, 0) is 6.54 Å². The number of rotatable bonds is 0. The van der Waals surface area contributed by atoms with Crippen molar-refractivity contribution in [1.82, 2.24) is 16.4 Å². The molecule has 0 radical (unpaired) electrons. The number of benzene rings is 2. The maximum Gasteiger partial charge on any atom is 0.0850 e. The Bertz CT molecular complexity index is 711. The summed E-state index contributed by atoms with van der Waals surface area (Å²) < 4.78 is 2.26. The topological polar surface area (TPSA) is 39.3 Å². The van der Waals surface area contributed by atoms with Gasteiger partial charge in [0.25, 0.3) is 0 Å². The number of nitrogens with zero attached hydrogens (tertiary/aromatic N) is 1. The second-order valence-electron chi connectivity index (χ2n) is 4.82. The fourth-order valence-corrected chi connectivity index (χ4v) is 3.51. The first-order chi connectivity index (χ1) is 9.84. The number of halogens is 1. The van der Waals surface area contributed by atoms with Gasteiger partial charge in [-0.3, -0.25) is 0 Å². The molecule has 0 aromatic heterocycles. The van der Waals surface area contributed by atoms with Crippen LogP contribution in [0.1, 0.15) is 16.7 Å². The van der Waals surface area contributed by atoms with Crippen LogP contribution in [0, 0.1) is 0 Å². The molecule has 0 amide bonds. The summed E-state index contributed by atoms with van der Waals surface area (Å²) in [4.78, 5) is 0. The van der Waals surface area contributed by atoms with Crippen molar-refractivity contribution in [2.24, 2.45) is 0 Å². The van der Waals surface area contributed by atoms with E-state index in [0.717, 1.165) is 17.9 Å². The highest BCUT2D eigenvalue weighted by Crippen LogP contribution is 2.37. The number of fused-ring (bicyclic) bond motifs is 4. The van der Waals surface area contributed by atoms with Crippen molar-refractivity contribution >= 4 is 39.9 Å². The van der Waals surface area contributed by atoms with Gasteiger partial charge in [0.1, 0.15) is 0 Å². The Labute approximate surface area is 131 Å². The molecule has 4 rings (SSSR count). The molecule has 4 nitrogen and oxygen atoms in total. The molecule has 2 aromatic rings. The zero-order valence-electron chi connectivity index (χ0n) is 10.7. The third-order valence-electron chi connectivity index (χ3n) is 3.66. The van der Waals surface area contributed by atoms with E-state index in [1.54, 1.807) is 0 Å². The van der Waals surface area contributed by atoms with Gasteiger partial charge in [0.15, 0.2) is 0 Å². The van der Waals surface area contributed by atoms with Crippen molar-refractivity contribution in [3.05, 3.63) is 65.2 Å². The molecule has 100 valence electrons. The van der Waals surface area contributed by atoms with Gasteiger partial charge in [-0.1, -0.05) is 42.5 Å². The van der Waals surface area contributed by atoms with E-state index < -0.39 is 0 Å². The number of hydrogen-bond donors (Lipinski definition) is 3. The standard InChI is InChI=1S/C15H13IN4/c16-20-9-10-5-1-2-6-11(10)14-15(18-19-17-14)12-7-3-4-8-13(12)20/h1-8,17-19H,9H2. The SMILES string of the molecule is IN1Cc2ccccc2C2=C(NNN2)c2ccccc21. The Morgan fingerprint density at radius 2 is 1.50 bits per heavy atom. The average molecular weight is 376 g/mol. The Morgan fingerprint density at radius 3 is 2.35 bits per heavy atom. The van der Waals surface area contributed by atoms with Crippen molar-refractivity contribution in [2.45, 2.75) is 6.54 Å². The molecular formula is C15H13IN4. The van der Waals surface area contributed by atoms with Crippen molar-refractivity contribution in [1.29, 1.82) is 0 Å². The lowest BCUT2D eigenvalue weighted by Gasteiger charge is -2.25. The van der Waals surface area contributed by atoms with E-state index in [4.69, 9.17) is 0 Å². The molecular weight excluding hydrogens is 363 g/mol. The van der Waals surface area contributed by atoms with Gasteiger partial charge < -0.3 is 14.0 Å². The fourth-order valence-electron chi connectivity index (χ4n) is 2.72. The zero-order valence-corrected chi connectivity index (χ0v) is 12.8. The van der Waals surface area contributed by atoms with Gasteiger partial charge in [0, 0.05) is 11.1 Å². The third-order valence-corrected chi connectivity index (χ3v) is 4.52. The van der Waals surface area contributed by atoms with E-state index in [9.17, 15) is 0 Å². The molecule has 0 fully saturated rings. The van der Waals surface area contributed by atoms with Gasteiger partial charge in [-0.25, -0.2) is 0 Å². The molecule has 2 heterocycles. The van der Waals surface area contributed by atoms with Crippen LogP contribution in [0.4, 0.5) is 5.69 Å². The van der Waals surface area contributed by atoms with Crippen molar-refractivity contribution in [3.63, 3.8) is 0 Å². The van der Waals surface area contributed by atoms with Crippen molar-refractivity contribution < 1.29 is 0 Å². The largest absolute Gasteiger partial charge is 0.310 e. The van der Waals surface area contributed by atoms with Crippen LogP contribution in [0.25, 0.3) is 11.4 Å². The molecule has 0 saturated carbocycles. The van der Waals surface area contributed by atoms with Crippen LogP contribution in [-0.4, -0.2) is 0 Å². The molecule has 20 heavy (non-hydrogen) atoms. The first-order valence-corrected chi connectivity index (χ1v) is 7.43. The number of hydrogen-bond acceptors (Lipinski definition) is 4.